The summed E-state index contributed by atoms with van der Waals surface area (Å²) in [5, 5.41) is 0. The van der Waals surface area contributed by atoms with Crippen LogP contribution >= 0.6 is 0 Å². The van der Waals surface area contributed by atoms with Crippen molar-refractivity contribution >= 4 is 16.9 Å². The largest absolute Gasteiger partial charge is 0.481 e. The van der Waals surface area contributed by atoms with E-state index in [2.05, 4.69) is 4.57 Å². The molecule has 2 heterocycles. The van der Waals surface area contributed by atoms with Crippen molar-refractivity contribution in [3.8, 4) is 17.1 Å². The Hall–Kier alpha value is -3.67. The Labute approximate surface area is 192 Å². The number of carbonyl (C=O) groups excluding carboxylic acids is 1. The lowest BCUT2D eigenvalue weighted by molar-refractivity contribution is -0.139. The first-order valence-corrected chi connectivity index (χ1v) is 11.3. The van der Waals surface area contributed by atoms with E-state index in [1.54, 1.807) is 19.1 Å². The third-order valence-corrected chi connectivity index (χ3v) is 6.23. The number of rotatable bonds is 5. The summed E-state index contributed by atoms with van der Waals surface area (Å²) in [5.74, 6) is 1.24. The van der Waals surface area contributed by atoms with Crippen LogP contribution in [-0.4, -0.2) is 39.6 Å². The molecule has 4 aromatic rings. The van der Waals surface area contributed by atoms with Gasteiger partial charge in [0, 0.05) is 24.7 Å². The van der Waals surface area contributed by atoms with E-state index in [1.807, 2.05) is 65.6 Å². The standard InChI is InChI=1S/C27H26FN3O2/c1-19(33-23-10-6-3-7-11-23)27(32)30-16-14-22(15-17-30)31-25-18-21(28)12-13-24(25)29-26(31)20-8-4-2-5-9-20/h2-13,18-19,22H,14-17H2,1H3. The van der Waals surface area contributed by atoms with Gasteiger partial charge in [-0.25, -0.2) is 9.37 Å². The van der Waals surface area contributed by atoms with Crippen LogP contribution in [0.2, 0.25) is 0 Å². The van der Waals surface area contributed by atoms with E-state index < -0.39 is 6.10 Å². The molecule has 5 rings (SSSR count). The molecule has 5 nitrogen and oxygen atoms in total. The van der Waals surface area contributed by atoms with E-state index in [4.69, 9.17) is 9.72 Å². The van der Waals surface area contributed by atoms with Crippen molar-refractivity contribution in [2.45, 2.75) is 31.9 Å². The van der Waals surface area contributed by atoms with E-state index in [0.29, 0.717) is 18.8 Å². The van der Waals surface area contributed by atoms with Gasteiger partial charge in [0.1, 0.15) is 17.4 Å². The topological polar surface area (TPSA) is 47.4 Å². The van der Waals surface area contributed by atoms with Crippen LogP contribution in [0.4, 0.5) is 4.39 Å². The Balaban J connectivity index is 1.36. The number of piperidine rings is 1. The number of fused-ring (bicyclic) bond motifs is 1. The molecule has 0 spiro atoms. The molecule has 0 N–H and O–H groups in total. The van der Waals surface area contributed by atoms with Crippen LogP contribution in [0.1, 0.15) is 25.8 Å². The van der Waals surface area contributed by atoms with Gasteiger partial charge >= 0.3 is 0 Å². The highest BCUT2D eigenvalue weighted by molar-refractivity contribution is 5.82. The van der Waals surface area contributed by atoms with Gasteiger partial charge in [0.15, 0.2) is 6.10 Å². The Kier molecular flexibility index (Phi) is 5.82. The zero-order valence-corrected chi connectivity index (χ0v) is 18.5. The number of likely N-dealkylation sites (tertiary alicyclic amines) is 1. The quantitative estimate of drug-likeness (QED) is 0.411. The number of amides is 1. The van der Waals surface area contributed by atoms with E-state index in [9.17, 15) is 9.18 Å². The highest BCUT2D eigenvalue weighted by Gasteiger charge is 2.30. The van der Waals surface area contributed by atoms with Crippen molar-refractivity contribution in [1.82, 2.24) is 14.5 Å². The van der Waals surface area contributed by atoms with Crippen LogP contribution in [-0.2, 0) is 4.79 Å². The first kappa shape index (κ1) is 21.2. The molecule has 1 aliphatic heterocycles. The van der Waals surface area contributed by atoms with Crippen molar-refractivity contribution in [2.75, 3.05) is 13.1 Å². The van der Waals surface area contributed by atoms with Crippen LogP contribution in [0.25, 0.3) is 22.4 Å². The van der Waals surface area contributed by atoms with E-state index >= 15 is 0 Å². The molecule has 0 saturated carbocycles. The van der Waals surface area contributed by atoms with Crippen LogP contribution in [0.15, 0.2) is 78.9 Å². The fraction of sp³-hybridized carbons (Fsp3) is 0.259. The lowest BCUT2D eigenvalue weighted by Gasteiger charge is -2.35. The van der Waals surface area contributed by atoms with Gasteiger partial charge < -0.3 is 14.2 Å². The number of imidazole rings is 1. The molecule has 1 aromatic heterocycles. The third kappa shape index (κ3) is 4.33. The molecule has 3 aromatic carbocycles. The summed E-state index contributed by atoms with van der Waals surface area (Å²) in [6.45, 7) is 3.03. The molecule has 168 valence electrons. The van der Waals surface area contributed by atoms with Crippen molar-refractivity contribution in [1.29, 1.82) is 0 Å². The minimum Gasteiger partial charge on any atom is -0.481 e. The molecule has 0 aliphatic carbocycles. The molecular formula is C27H26FN3O2. The van der Waals surface area contributed by atoms with E-state index in [0.717, 1.165) is 35.3 Å². The second-order valence-electron chi connectivity index (χ2n) is 8.43. The zero-order chi connectivity index (χ0) is 22.8. The fourth-order valence-corrected chi connectivity index (χ4v) is 4.58. The molecule has 6 heteroatoms. The Bertz CT molecular complexity index is 1250. The van der Waals surface area contributed by atoms with Crippen LogP contribution in [0, 0.1) is 5.82 Å². The Morgan fingerprint density at radius 2 is 1.67 bits per heavy atom. The van der Waals surface area contributed by atoms with Gasteiger partial charge in [-0.1, -0.05) is 48.5 Å². The fourth-order valence-electron chi connectivity index (χ4n) is 4.58. The molecule has 1 aliphatic rings. The highest BCUT2D eigenvalue weighted by Crippen LogP contribution is 2.34. The smallest absolute Gasteiger partial charge is 0.263 e. The number of halogens is 1. The van der Waals surface area contributed by atoms with E-state index in [-0.39, 0.29) is 17.8 Å². The number of nitrogens with zero attached hydrogens (tertiary/aromatic N) is 3. The molecule has 33 heavy (non-hydrogen) atoms. The van der Waals surface area contributed by atoms with Crippen molar-refractivity contribution < 1.29 is 13.9 Å². The minimum absolute atomic E-state index is 0.0119. The molecule has 0 bridgehead atoms. The predicted octanol–water partition coefficient (Wildman–Crippen LogP) is 5.47. The van der Waals surface area contributed by atoms with E-state index in [1.165, 1.54) is 6.07 Å². The number of aromatic nitrogens is 2. The SMILES string of the molecule is CC(Oc1ccccc1)C(=O)N1CCC(n2c(-c3ccccc3)nc3ccc(F)cc32)CC1. The molecule has 1 unspecified atom stereocenters. The minimum atomic E-state index is -0.549. The number of benzene rings is 3. The average Bonchev–Trinajstić information content (AvgIpc) is 3.23. The predicted molar refractivity (Wildman–Crippen MR) is 127 cm³/mol. The van der Waals surface area contributed by atoms with Gasteiger partial charge in [-0.2, -0.15) is 0 Å². The molecule has 1 fully saturated rings. The third-order valence-electron chi connectivity index (χ3n) is 6.23. The summed E-state index contributed by atoms with van der Waals surface area (Å²) in [4.78, 5) is 19.7. The number of hydrogen-bond donors (Lipinski definition) is 0. The lowest BCUT2D eigenvalue weighted by atomic mass is 10.0. The molecule has 1 amide bonds. The number of para-hydroxylation sites is 1. The summed E-state index contributed by atoms with van der Waals surface area (Å²) in [6.07, 6.45) is 0.990. The summed E-state index contributed by atoms with van der Waals surface area (Å²) in [5.41, 5.74) is 2.57. The average molecular weight is 444 g/mol. The highest BCUT2D eigenvalue weighted by atomic mass is 19.1. The number of hydrogen-bond acceptors (Lipinski definition) is 3. The Morgan fingerprint density at radius 3 is 2.36 bits per heavy atom. The maximum Gasteiger partial charge on any atom is 0.263 e. The first-order chi connectivity index (χ1) is 16.1. The molecule has 0 radical (unpaired) electrons. The van der Waals surface area contributed by atoms with Gasteiger partial charge in [-0.05, 0) is 50.1 Å². The normalized spacial score (nSPS) is 15.5. The van der Waals surface area contributed by atoms with Gasteiger partial charge in [-0.15, -0.1) is 0 Å². The second-order valence-corrected chi connectivity index (χ2v) is 8.43. The number of carbonyl (C=O) groups is 1. The van der Waals surface area contributed by atoms with Gasteiger partial charge in [-0.3, -0.25) is 4.79 Å². The summed E-state index contributed by atoms with van der Waals surface area (Å²) in [6, 6.07) is 24.2. The summed E-state index contributed by atoms with van der Waals surface area (Å²) < 4.78 is 22.1. The van der Waals surface area contributed by atoms with Crippen molar-refractivity contribution in [3.05, 3.63) is 84.7 Å². The zero-order valence-electron chi connectivity index (χ0n) is 18.5. The van der Waals surface area contributed by atoms with Gasteiger partial charge in [0.2, 0.25) is 0 Å². The monoisotopic (exact) mass is 443 g/mol. The van der Waals surface area contributed by atoms with Gasteiger partial charge in [0.25, 0.3) is 5.91 Å². The maximum absolute atomic E-state index is 14.1. The first-order valence-electron chi connectivity index (χ1n) is 11.3. The van der Waals surface area contributed by atoms with Crippen molar-refractivity contribution in [2.24, 2.45) is 0 Å². The van der Waals surface area contributed by atoms with Crippen LogP contribution < -0.4 is 4.74 Å². The Morgan fingerprint density at radius 1 is 1.00 bits per heavy atom. The summed E-state index contributed by atoms with van der Waals surface area (Å²) >= 11 is 0. The number of ether oxygens (including phenoxy) is 1. The second kappa shape index (κ2) is 9.06. The van der Waals surface area contributed by atoms with Gasteiger partial charge in [0.05, 0.1) is 11.0 Å². The molecular weight excluding hydrogens is 417 g/mol. The molecule has 1 atom stereocenters. The molecule has 1 saturated heterocycles. The maximum atomic E-state index is 14.1. The summed E-state index contributed by atoms with van der Waals surface area (Å²) in [7, 11) is 0. The van der Waals surface area contributed by atoms with Crippen LogP contribution in [0.3, 0.4) is 0 Å². The van der Waals surface area contributed by atoms with Crippen molar-refractivity contribution in [3.63, 3.8) is 0 Å². The lowest BCUT2D eigenvalue weighted by Crippen LogP contribution is -2.45. The van der Waals surface area contributed by atoms with Crippen LogP contribution in [0.5, 0.6) is 5.75 Å².